The minimum Gasteiger partial charge on any atom is -0.478 e. The summed E-state index contributed by atoms with van der Waals surface area (Å²) >= 11 is 0. The van der Waals surface area contributed by atoms with Crippen LogP contribution in [-0.2, 0) is 13.1 Å². The highest BCUT2D eigenvalue weighted by Crippen LogP contribution is 2.41. The van der Waals surface area contributed by atoms with Crippen molar-refractivity contribution < 1.29 is 41.8 Å². The van der Waals surface area contributed by atoms with Crippen LogP contribution in [0.1, 0.15) is 43.0 Å². The molecule has 2 aliphatic rings. The molecule has 6 aromatic rings. The Morgan fingerprint density at radius 1 is 0.634 bits per heavy atom. The third-order valence-electron chi connectivity index (χ3n) is 11.3. The van der Waals surface area contributed by atoms with E-state index in [1.165, 1.54) is 24.3 Å². The summed E-state index contributed by atoms with van der Waals surface area (Å²) in [6.45, 7) is 5.98. The van der Waals surface area contributed by atoms with Gasteiger partial charge >= 0.3 is 18.0 Å². The number of anilines is 6. The predicted octanol–water partition coefficient (Wildman–Crippen LogP) is 7.19. The summed E-state index contributed by atoms with van der Waals surface area (Å²) in [5.41, 5.74) is 4.05. The number of benzene rings is 4. The minimum absolute atomic E-state index is 0.0220. The first-order valence-electron chi connectivity index (χ1n) is 22.2. The number of amides is 5. The zero-order valence-electron chi connectivity index (χ0n) is 39.8. The molecular formula is C49H51F4N13O5. The molecule has 0 radical (unpaired) electrons. The molecule has 4 aromatic carbocycles. The quantitative estimate of drug-likeness (QED) is 0.0598. The maximum Gasteiger partial charge on any atom is 0.335 e. The van der Waals surface area contributed by atoms with E-state index in [1.54, 1.807) is 38.2 Å². The van der Waals surface area contributed by atoms with Crippen molar-refractivity contribution in [1.29, 1.82) is 0 Å². The number of carbonyl (C=O) groups excluding carboxylic acids is 3. The number of aryl methyl sites for hydroxylation is 2. The average Bonchev–Trinajstić information content (AvgIpc) is 3.32. The molecular weight excluding hydrogens is 927 g/mol. The number of carboxylic acids is 1. The summed E-state index contributed by atoms with van der Waals surface area (Å²) in [4.78, 5) is 73.2. The maximum absolute atomic E-state index is 14.8. The van der Waals surface area contributed by atoms with Crippen LogP contribution in [-0.4, -0.2) is 120 Å². The molecule has 0 aliphatic carbocycles. The van der Waals surface area contributed by atoms with Gasteiger partial charge in [0.2, 0.25) is 11.9 Å². The Morgan fingerprint density at radius 3 is 1.39 bits per heavy atom. The lowest BCUT2D eigenvalue weighted by Gasteiger charge is -2.31. The number of aromatic carboxylic acids is 1. The Bertz CT molecular complexity index is 3010. The molecule has 71 heavy (non-hydrogen) atoms. The molecule has 22 heteroatoms. The second kappa shape index (κ2) is 21.6. The zero-order chi connectivity index (χ0) is 51.3. The molecule has 370 valence electrons. The van der Waals surface area contributed by atoms with Gasteiger partial charge in [-0.25, -0.2) is 51.7 Å². The number of para-hydroxylation sites is 2. The fourth-order valence-corrected chi connectivity index (χ4v) is 7.80. The van der Waals surface area contributed by atoms with Crippen LogP contribution in [0.4, 0.5) is 62.1 Å². The number of urea groups is 2. The van der Waals surface area contributed by atoms with Gasteiger partial charge in [0.1, 0.15) is 34.6 Å². The van der Waals surface area contributed by atoms with Crippen LogP contribution < -0.4 is 36.4 Å². The SMILES string of the molecule is CNC(=O)c1ccc(-c2nc(NCCN(C)C)nc3c2CNC(=O)N3c2c(F)cccc2F)c(C)c1.Cc1cc(C(=O)O)ccc1-c1nc(NCCN(C)C)nc2c1CNC(=O)N2c1c(F)cccc1F. The van der Waals surface area contributed by atoms with Crippen molar-refractivity contribution in [2.75, 3.05) is 81.9 Å². The first kappa shape index (κ1) is 50.6. The van der Waals surface area contributed by atoms with E-state index in [4.69, 9.17) is 4.98 Å². The Labute approximate surface area is 406 Å². The molecule has 0 spiro atoms. The van der Waals surface area contributed by atoms with Crippen LogP contribution in [0.3, 0.4) is 0 Å². The van der Waals surface area contributed by atoms with E-state index in [9.17, 15) is 41.8 Å². The van der Waals surface area contributed by atoms with Gasteiger partial charge in [-0.2, -0.15) is 9.97 Å². The molecule has 0 saturated carbocycles. The topological polar surface area (TPSA) is 213 Å². The second-order valence-electron chi connectivity index (χ2n) is 16.9. The Kier molecular flexibility index (Phi) is 15.4. The average molecular weight is 978 g/mol. The zero-order valence-corrected chi connectivity index (χ0v) is 39.8. The highest BCUT2D eigenvalue weighted by atomic mass is 19.1. The van der Waals surface area contributed by atoms with E-state index in [1.807, 2.05) is 44.9 Å². The molecule has 2 aromatic heterocycles. The molecule has 0 bridgehead atoms. The van der Waals surface area contributed by atoms with Crippen molar-refractivity contribution in [2.45, 2.75) is 26.9 Å². The van der Waals surface area contributed by atoms with Crippen LogP contribution in [0.5, 0.6) is 0 Å². The van der Waals surface area contributed by atoms with Gasteiger partial charge in [-0.05, 0) is 102 Å². The van der Waals surface area contributed by atoms with Crippen LogP contribution in [0, 0.1) is 37.1 Å². The predicted molar refractivity (Wildman–Crippen MR) is 260 cm³/mol. The van der Waals surface area contributed by atoms with Gasteiger partial charge in [-0.1, -0.05) is 24.3 Å². The monoisotopic (exact) mass is 977 g/mol. The first-order valence-corrected chi connectivity index (χ1v) is 22.2. The van der Waals surface area contributed by atoms with Crippen molar-refractivity contribution in [3.05, 3.63) is 129 Å². The number of fused-ring (bicyclic) bond motifs is 2. The van der Waals surface area contributed by atoms with E-state index < -0.39 is 52.7 Å². The summed E-state index contributed by atoms with van der Waals surface area (Å²) in [5, 5.41) is 23.5. The van der Waals surface area contributed by atoms with Crippen molar-refractivity contribution in [3.8, 4) is 22.5 Å². The van der Waals surface area contributed by atoms with Gasteiger partial charge < -0.3 is 41.5 Å². The fraction of sp³-hybridized carbons (Fsp3) is 0.265. The van der Waals surface area contributed by atoms with E-state index in [0.29, 0.717) is 70.9 Å². The number of hydrogen-bond acceptors (Lipinski definition) is 12. The third kappa shape index (κ3) is 11.0. The van der Waals surface area contributed by atoms with Gasteiger partial charge in [0.15, 0.2) is 11.6 Å². The maximum atomic E-state index is 14.8. The van der Waals surface area contributed by atoms with Gasteiger partial charge in [0, 0.05) is 61.0 Å². The molecule has 2 aliphatic heterocycles. The Balaban J connectivity index is 0.000000209. The number of nitrogens with one attached hydrogen (secondary N) is 5. The number of rotatable bonds is 14. The van der Waals surface area contributed by atoms with Gasteiger partial charge in [0.05, 0.1) is 30.0 Å². The van der Waals surface area contributed by atoms with E-state index >= 15 is 0 Å². The van der Waals surface area contributed by atoms with Gasteiger partial charge in [-0.3, -0.25) is 4.79 Å². The molecule has 0 unspecified atom stereocenters. The Morgan fingerprint density at radius 2 is 1.03 bits per heavy atom. The summed E-state index contributed by atoms with van der Waals surface area (Å²) < 4.78 is 59.0. The van der Waals surface area contributed by atoms with Crippen LogP contribution in [0.2, 0.25) is 0 Å². The summed E-state index contributed by atoms with van der Waals surface area (Å²) in [6, 6.07) is 15.0. The van der Waals surface area contributed by atoms with Gasteiger partial charge in [0.25, 0.3) is 5.91 Å². The van der Waals surface area contributed by atoms with Crippen LogP contribution in [0.25, 0.3) is 22.5 Å². The number of aromatic nitrogens is 4. The molecule has 0 atom stereocenters. The number of carbonyl (C=O) groups is 4. The summed E-state index contributed by atoms with van der Waals surface area (Å²) in [6.07, 6.45) is 0. The normalized spacial score (nSPS) is 12.9. The lowest BCUT2D eigenvalue weighted by molar-refractivity contribution is 0.0696. The molecule has 0 fully saturated rings. The number of hydrogen-bond donors (Lipinski definition) is 6. The molecule has 4 heterocycles. The van der Waals surface area contributed by atoms with Crippen LogP contribution >= 0.6 is 0 Å². The molecule has 6 N–H and O–H groups in total. The molecule has 18 nitrogen and oxygen atoms in total. The standard InChI is InChI=1S/C25H27F2N7O2.C24H24F2N6O3/c1-14-12-15(23(35)28-2)8-9-16(14)20-17-13-30-25(36)34(21-18(26)6-5-7-19(21)27)22(17)32-24(31-20)29-10-11-33(3)4;1-13-11-14(22(33)34)7-8-15(13)19-16-12-28-24(35)32(20-17(25)5-4-6-18(20)26)21(16)30-23(29-19)27-9-10-31(2)3/h5-9,12H,10-11,13H2,1-4H3,(H,28,35)(H,30,36)(H,29,31,32);4-8,11H,9-10,12H2,1-3H3,(H,28,35)(H,33,34)(H,27,29,30). The first-order chi connectivity index (χ1) is 33.9. The number of carboxylic acid groups (broad SMARTS) is 1. The highest BCUT2D eigenvalue weighted by Gasteiger charge is 2.36. The number of halogens is 4. The number of nitrogens with zero attached hydrogens (tertiary/aromatic N) is 8. The second-order valence-corrected chi connectivity index (χ2v) is 16.9. The lowest BCUT2D eigenvalue weighted by atomic mass is 9.98. The van der Waals surface area contributed by atoms with Crippen molar-refractivity contribution in [3.63, 3.8) is 0 Å². The van der Waals surface area contributed by atoms with Crippen LogP contribution in [0.15, 0.2) is 72.8 Å². The lowest BCUT2D eigenvalue weighted by Crippen LogP contribution is -2.43. The van der Waals surface area contributed by atoms with E-state index in [-0.39, 0.29) is 48.1 Å². The third-order valence-corrected chi connectivity index (χ3v) is 11.3. The smallest absolute Gasteiger partial charge is 0.335 e. The van der Waals surface area contributed by atoms with E-state index in [0.717, 1.165) is 39.6 Å². The van der Waals surface area contributed by atoms with Gasteiger partial charge in [-0.15, -0.1) is 0 Å². The minimum atomic E-state index is -1.07. The largest absolute Gasteiger partial charge is 0.478 e. The summed E-state index contributed by atoms with van der Waals surface area (Å²) in [5.74, 6) is -4.44. The molecule has 8 rings (SSSR count). The van der Waals surface area contributed by atoms with Crippen molar-refractivity contribution >= 4 is 58.8 Å². The number of likely N-dealkylation sites (N-methyl/N-ethyl adjacent to an activating group) is 2. The molecule has 0 saturated heterocycles. The van der Waals surface area contributed by atoms with E-state index in [2.05, 4.69) is 41.5 Å². The van der Waals surface area contributed by atoms with Crippen molar-refractivity contribution in [1.82, 2.24) is 45.7 Å². The van der Waals surface area contributed by atoms with Crippen molar-refractivity contribution in [2.24, 2.45) is 0 Å². The fourth-order valence-electron chi connectivity index (χ4n) is 7.80. The molecule has 5 amide bonds. The highest BCUT2D eigenvalue weighted by molar-refractivity contribution is 6.03. The summed E-state index contributed by atoms with van der Waals surface area (Å²) in [7, 11) is 9.20. The Hall–Kier alpha value is -8.24.